The van der Waals surface area contributed by atoms with Gasteiger partial charge in [-0.05, 0) is 39.3 Å². The van der Waals surface area contributed by atoms with Crippen molar-refractivity contribution in [2.75, 3.05) is 6.54 Å². The third-order valence-electron chi connectivity index (χ3n) is 2.93. The number of amides is 1. The molecule has 1 aromatic carbocycles. The molecular weight excluding hydrogens is 276 g/mol. The number of carbonyl (C=O) groups is 2. The normalized spacial score (nSPS) is 11.0. The summed E-state index contributed by atoms with van der Waals surface area (Å²) in [6.45, 7) is 6.22. The second-order valence-corrected chi connectivity index (χ2v) is 5.73. The fourth-order valence-electron chi connectivity index (χ4n) is 1.87. The van der Waals surface area contributed by atoms with Crippen molar-refractivity contribution in [3.8, 4) is 0 Å². The van der Waals surface area contributed by atoms with Crippen LogP contribution in [0.3, 0.4) is 0 Å². The molecular formula is C14H18N2O5. The number of benzene rings is 1. The summed E-state index contributed by atoms with van der Waals surface area (Å²) in [5, 5.41) is 20.0. The van der Waals surface area contributed by atoms with Crippen molar-refractivity contribution < 1.29 is 19.6 Å². The third kappa shape index (κ3) is 4.01. The van der Waals surface area contributed by atoms with E-state index in [0.717, 1.165) is 4.90 Å². The van der Waals surface area contributed by atoms with Crippen LogP contribution in [0.1, 0.15) is 36.7 Å². The molecule has 0 bridgehead atoms. The zero-order chi connectivity index (χ0) is 16.4. The van der Waals surface area contributed by atoms with Gasteiger partial charge in [-0.1, -0.05) is 6.07 Å². The second kappa shape index (κ2) is 5.90. The minimum Gasteiger partial charge on any atom is -0.480 e. The second-order valence-electron chi connectivity index (χ2n) is 5.73. The van der Waals surface area contributed by atoms with Gasteiger partial charge in [0.25, 0.3) is 11.6 Å². The Morgan fingerprint density at radius 3 is 2.33 bits per heavy atom. The summed E-state index contributed by atoms with van der Waals surface area (Å²) < 4.78 is 0. The maximum absolute atomic E-state index is 12.6. The van der Waals surface area contributed by atoms with Crippen molar-refractivity contribution in [3.05, 3.63) is 39.4 Å². The van der Waals surface area contributed by atoms with Crippen LogP contribution in [0.15, 0.2) is 18.2 Å². The van der Waals surface area contributed by atoms with Gasteiger partial charge in [0.05, 0.1) is 4.92 Å². The van der Waals surface area contributed by atoms with Crippen molar-refractivity contribution in [1.29, 1.82) is 0 Å². The maximum atomic E-state index is 12.6. The van der Waals surface area contributed by atoms with Crippen LogP contribution < -0.4 is 0 Å². The Hall–Kier alpha value is -2.44. The predicted octanol–water partition coefficient (Wildman–Crippen LogP) is 2.23. The summed E-state index contributed by atoms with van der Waals surface area (Å²) in [6.07, 6.45) is 0. The molecule has 1 amide bonds. The summed E-state index contributed by atoms with van der Waals surface area (Å²) in [6, 6.07) is 4.19. The summed E-state index contributed by atoms with van der Waals surface area (Å²) in [7, 11) is 0. The highest BCUT2D eigenvalue weighted by Crippen LogP contribution is 2.25. The topological polar surface area (TPSA) is 101 Å². The van der Waals surface area contributed by atoms with Gasteiger partial charge in [0.15, 0.2) is 0 Å². The molecule has 7 heteroatoms. The lowest BCUT2D eigenvalue weighted by Gasteiger charge is -2.34. The van der Waals surface area contributed by atoms with Gasteiger partial charge in [-0.2, -0.15) is 0 Å². The fourth-order valence-corrected chi connectivity index (χ4v) is 1.87. The number of carbonyl (C=O) groups excluding carboxylic acids is 1. The molecule has 7 nitrogen and oxygen atoms in total. The fraction of sp³-hybridized carbons (Fsp3) is 0.429. The molecule has 0 aromatic heterocycles. The number of hydrogen-bond acceptors (Lipinski definition) is 4. The standard InChI is InChI=1S/C14H18N2O5/c1-9-5-6-11(16(20)21)10(7-9)13(19)15(8-12(17)18)14(2,3)4/h5-7H,8H2,1-4H3,(H,17,18). The SMILES string of the molecule is Cc1ccc([N+](=O)[O-])c(C(=O)N(CC(=O)O)C(C)(C)C)c1. The lowest BCUT2D eigenvalue weighted by molar-refractivity contribution is -0.385. The van der Waals surface area contributed by atoms with Crippen LogP contribution in [-0.2, 0) is 4.79 Å². The van der Waals surface area contributed by atoms with E-state index >= 15 is 0 Å². The van der Waals surface area contributed by atoms with E-state index < -0.39 is 28.9 Å². The first-order valence-electron chi connectivity index (χ1n) is 6.33. The molecule has 1 aromatic rings. The zero-order valence-electron chi connectivity index (χ0n) is 12.4. The number of carboxylic acids is 1. The average molecular weight is 294 g/mol. The van der Waals surface area contributed by atoms with Crippen LogP contribution in [0.25, 0.3) is 0 Å². The van der Waals surface area contributed by atoms with E-state index in [9.17, 15) is 19.7 Å². The Morgan fingerprint density at radius 1 is 1.33 bits per heavy atom. The zero-order valence-corrected chi connectivity index (χ0v) is 12.4. The van der Waals surface area contributed by atoms with Crippen molar-refractivity contribution in [2.45, 2.75) is 33.2 Å². The van der Waals surface area contributed by atoms with Gasteiger partial charge in [-0.3, -0.25) is 19.7 Å². The van der Waals surface area contributed by atoms with Gasteiger partial charge >= 0.3 is 5.97 Å². The molecule has 114 valence electrons. The van der Waals surface area contributed by atoms with E-state index in [1.54, 1.807) is 27.7 Å². The van der Waals surface area contributed by atoms with E-state index in [-0.39, 0.29) is 11.3 Å². The van der Waals surface area contributed by atoms with Gasteiger partial charge in [-0.25, -0.2) is 0 Å². The largest absolute Gasteiger partial charge is 0.480 e. The average Bonchev–Trinajstić information content (AvgIpc) is 2.33. The molecule has 0 fully saturated rings. The molecule has 0 atom stereocenters. The number of nitrogens with zero attached hydrogens (tertiary/aromatic N) is 2. The molecule has 0 saturated heterocycles. The van der Waals surface area contributed by atoms with Crippen LogP contribution in [0.2, 0.25) is 0 Å². The van der Waals surface area contributed by atoms with Crippen LogP contribution >= 0.6 is 0 Å². The van der Waals surface area contributed by atoms with Gasteiger partial charge in [0.2, 0.25) is 0 Å². The molecule has 0 aliphatic carbocycles. The van der Waals surface area contributed by atoms with Crippen molar-refractivity contribution >= 4 is 17.6 Å². The van der Waals surface area contributed by atoms with Crippen molar-refractivity contribution in [1.82, 2.24) is 4.90 Å². The summed E-state index contributed by atoms with van der Waals surface area (Å²) >= 11 is 0. The Morgan fingerprint density at radius 2 is 1.90 bits per heavy atom. The van der Waals surface area contributed by atoms with Crippen LogP contribution in [0.5, 0.6) is 0 Å². The Kier molecular flexibility index (Phi) is 4.67. The van der Waals surface area contributed by atoms with E-state index in [0.29, 0.717) is 5.56 Å². The molecule has 0 aliphatic heterocycles. The first kappa shape index (κ1) is 16.6. The smallest absolute Gasteiger partial charge is 0.323 e. The van der Waals surface area contributed by atoms with Crippen LogP contribution in [0, 0.1) is 17.0 Å². The minimum absolute atomic E-state index is 0.101. The lowest BCUT2D eigenvalue weighted by Crippen LogP contribution is -2.48. The predicted molar refractivity (Wildman–Crippen MR) is 76.3 cm³/mol. The number of aliphatic carboxylic acids is 1. The molecule has 1 rings (SSSR count). The van der Waals surface area contributed by atoms with E-state index in [1.165, 1.54) is 18.2 Å². The van der Waals surface area contributed by atoms with Crippen LogP contribution in [-0.4, -0.2) is 38.9 Å². The van der Waals surface area contributed by atoms with Crippen molar-refractivity contribution in [3.63, 3.8) is 0 Å². The van der Waals surface area contributed by atoms with E-state index in [1.807, 2.05) is 0 Å². The highest BCUT2D eigenvalue weighted by molar-refractivity contribution is 6.00. The molecule has 0 unspecified atom stereocenters. The molecule has 21 heavy (non-hydrogen) atoms. The highest BCUT2D eigenvalue weighted by Gasteiger charge is 2.32. The molecule has 0 radical (unpaired) electrons. The summed E-state index contributed by atoms with van der Waals surface area (Å²) in [5.74, 6) is -1.84. The Labute approximate surface area is 122 Å². The quantitative estimate of drug-likeness (QED) is 0.677. The van der Waals surface area contributed by atoms with Gasteiger partial charge in [-0.15, -0.1) is 0 Å². The Balaban J connectivity index is 3.36. The third-order valence-corrected chi connectivity index (χ3v) is 2.93. The maximum Gasteiger partial charge on any atom is 0.323 e. The first-order valence-corrected chi connectivity index (χ1v) is 6.33. The van der Waals surface area contributed by atoms with Gasteiger partial charge in [0.1, 0.15) is 12.1 Å². The number of aryl methyl sites for hydroxylation is 1. The summed E-state index contributed by atoms with van der Waals surface area (Å²) in [5.41, 5.74) is -0.512. The number of nitro groups is 1. The highest BCUT2D eigenvalue weighted by atomic mass is 16.6. The van der Waals surface area contributed by atoms with Gasteiger partial charge < -0.3 is 10.0 Å². The van der Waals surface area contributed by atoms with Crippen LogP contribution in [0.4, 0.5) is 5.69 Å². The monoisotopic (exact) mass is 294 g/mol. The van der Waals surface area contributed by atoms with Crippen molar-refractivity contribution in [2.24, 2.45) is 0 Å². The van der Waals surface area contributed by atoms with Gasteiger partial charge in [0, 0.05) is 11.6 Å². The molecule has 0 heterocycles. The first-order chi connectivity index (χ1) is 9.54. The molecule has 0 aliphatic rings. The molecule has 0 saturated carbocycles. The number of nitro benzene ring substituents is 1. The number of carboxylic acid groups (broad SMARTS) is 1. The lowest BCUT2D eigenvalue weighted by atomic mass is 10.0. The van der Waals surface area contributed by atoms with E-state index in [2.05, 4.69) is 0 Å². The minimum atomic E-state index is -1.17. The molecule has 1 N–H and O–H groups in total. The van der Waals surface area contributed by atoms with E-state index in [4.69, 9.17) is 5.11 Å². The Bertz CT molecular complexity index is 590. The number of rotatable bonds is 4. The molecule has 0 spiro atoms. The summed E-state index contributed by atoms with van der Waals surface area (Å²) in [4.78, 5) is 35.0. The number of hydrogen-bond donors (Lipinski definition) is 1.